The van der Waals surface area contributed by atoms with Crippen LogP contribution in [-0.4, -0.2) is 0 Å². The molecule has 1 aromatic heterocycles. The van der Waals surface area contributed by atoms with E-state index in [2.05, 4.69) is 236 Å². The van der Waals surface area contributed by atoms with Crippen molar-refractivity contribution < 1.29 is 0 Å². The highest BCUT2D eigenvalue weighted by molar-refractivity contribution is 7.26. The monoisotopic (exact) mass is 867 g/mol. The molecule has 3 aliphatic carbocycles. The predicted molar refractivity (Wildman–Crippen MR) is 283 cm³/mol. The van der Waals surface area contributed by atoms with Crippen molar-refractivity contribution >= 4 is 59.3 Å². The number of fused-ring (bicyclic) bond motifs is 18. The first-order chi connectivity index (χ1) is 31.8. The summed E-state index contributed by atoms with van der Waals surface area (Å²) >= 11 is 1.92. The van der Waals surface area contributed by atoms with E-state index in [1.54, 1.807) is 0 Å². The zero-order valence-corrected chi connectivity index (χ0v) is 39.9. The van der Waals surface area contributed by atoms with E-state index >= 15 is 0 Å². The van der Waals surface area contributed by atoms with Gasteiger partial charge in [0.1, 0.15) is 0 Å². The van der Waals surface area contributed by atoms with Crippen LogP contribution in [0.25, 0.3) is 64.3 Å². The number of rotatable bonds is 3. The van der Waals surface area contributed by atoms with E-state index in [9.17, 15) is 0 Å². The largest absolute Gasteiger partial charge is 0.308 e. The molecule has 0 saturated carbocycles. The van der Waals surface area contributed by atoms with Gasteiger partial charge in [-0.3, -0.25) is 0 Å². The van der Waals surface area contributed by atoms with Crippen molar-refractivity contribution in [2.75, 3.05) is 4.90 Å². The zero-order chi connectivity index (χ0) is 45.1. The fourth-order valence-corrected chi connectivity index (χ4v) is 13.5. The molecule has 9 aromatic carbocycles. The number of hydrogen-bond acceptors (Lipinski definition) is 2. The molecular formula is C64H53NS. The maximum atomic E-state index is 2.64. The Morgan fingerprint density at radius 1 is 0.424 bits per heavy atom. The van der Waals surface area contributed by atoms with Crippen LogP contribution in [0.3, 0.4) is 0 Å². The van der Waals surface area contributed by atoms with Crippen LogP contribution >= 0.6 is 11.3 Å². The lowest BCUT2D eigenvalue weighted by Crippen LogP contribution is -2.27. The molecule has 0 atom stereocenters. The third-order valence-electron chi connectivity index (χ3n) is 15.6. The lowest BCUT2D eigenvalue weighted by Gasteiger charge is -2.34. The second kappa shape index (κ2) is 13.4. The average Bonchev–Trinajstić information content (AvgIpc) is 4.01. The van der Waals surface area contributed by atoms with Crippen molar-refractivity contribution in [2.24, 2.45) is 0 Å². The summed E-state index contributed by atoms with van der Waals surface area (Å²) in [6.45, 7) is 18.9. The minimum absolute atomic E-state index is 0.0200. The van der Waals surface area contributed by atoms with Crippen LogP contribution in [0, 0.1) is 0 Å². The Labute approximate surface area is 393 Å². The fourth-order valence-electron chi connectivity index (χ4n) is 12.3. The molecule has 1 nitrogen and oxygen atoms in total. The van der Waals surface area contributed by atoms with Crippen molar-refractivity contribution in [1.82, 2.24) is 0 Å². The minimum Gasteiger partial charge on any atom is -0.308 e. The van der Waals surface area contributed by atoms with Gasteiger partial charge in [0.15, 0.2) is 0 Å². The van der Waals surface area contributed by atoms with Gasteiger partial charge in [0.2, 0.25) is 0 Å². The minimum atomic E-state index is -0.515. The smallest absolute Gasteiger partial charge is 0.0726 e. The van der Waals surface area contributed by atoms with Gasteiger partial charge in [-0.15, -0.1) is 11.3 Å². The maximum absolute atomic E-state index is 2.64. The molecule has 0 unspecified atom stereocenters. The molecule has 0 radical (unpaired) electrons. The van der Waals surface area contributed by atoms with E-state index < -0.39 is 5.41 Å². The topological polar surface area (TPSA) is 3.24 Å². The molecule has 13 rings (SSSR count). The highest BCUT2D eigenvalue weighted by Crippen LogP contribution is 2.66. The number of nitrogens with zero attached hydrogens (tertiary/aromatic N) is 1. The van der Waals surface area contributed by atoms with Crippen molar-refractivity contribution in [3.8, 4) is 33.4 Å². The van der Waals surface area contributed by atoms with Gasteiger partial charge in [-0.2, -0.15) is 0 Å². The predicted octanol–water partition coefficient (Wildman–Crippen LogP) is 17.9. The molecule has 0 amide bonds. The highest BCUT2D eigenvalue weighted by atomic mass is 32.1. The van der Waals surface area contributed by atoms with Crippen molar-refractivity contribution in [2.45, 2.75) is 77.0 Å². The molecule has 320 valence electrons. The van der Waals surface area contributed by atoms with E-state index in [1.165, 1.54) is 126 Å². The molecule has 1 heterocycles. The summed E-state index contributed by atoms with van der Waals surface area (Å²) in [4.78, 5) is 2.64. The first-order valence-electron chi connectivity index (χ1n) is 23.7. The molecule has 1 spiro atoms. The van der Waals surface area contributed by atoms with Crippen molar-refractivity contribution in [3.63, 3.8) is 0 Å². The third-order valence-corrected chi connectivity index (χ3v) is 16.8. The number of hydrogen-bond donors (Lipinski definition) is 0. The van der Waals surface area contributed by atoms with Crippen LogP contribution in [0.1, 0.15) is 99.9 Å². The van der Waals surface area contributed by atoms with Crippen molar-refractivity contribution in [3.05, 3.63) is 220 Å². The Kier molecular flexibility index (Phi) is 8.06. The quantitative estimate of drug-likeness (QED) is 0.171. The fraction of sp³-hybridized carbons (Fsp3) is 0.188. The normalized spacial score (nSPS) is 14.9. The lowest BCUT2D eigenvalue weighted by molar-refractivity contribution is 0.586. The average molecular weight is 868 g/mol. The van der Waals surface area contributed by atoms with Crippen LogP contribution < -0.4 is 4.90 Å². The van der Waals surface area contributed by atoms with Gasteiger partial charge in [-0.05, 0) is 124 Å². The van der Waals surface area contributed by atoms with Crippen LogP contribution in [0.15, 0.2) is 176 Å². The van der Waals surface area contributed by atoms with E-state index in [4.69, 9.17) is 0 Å². The van der Waals surface area contributed by atoms with E-state index in [0.29, 0.717) is 0 Å². The highest BCUT2D eigenvalue weighted by Gasteiger charge is 2.53. The Morgan fingerprint density at radius 2 is 0.985 bits per heavy atom. The summed E-state index contributed by atoms with van der Waals surface area (Å²) in [7, 11) is 0. The molecule has 0 N–H and O–H groups in total. The summed E-state index contributed by atoms with van der Waals surface area (Å²) in [6.07, 6.45) is 0. The summed E-state index contributed by atoms with van der Waals surface area (Å²) in [6, 6.07) is 68.1. The van der Waals surface area contributed by atoms with Crippen LogP contribution in [0.5, 0.6) is 0 Å². The standard InChI is InChI=1S/C64H53NS/c1-61(2,3)39-28-31-45-46-32-29-40(62(4,5)6)36-54(46)64(53(45)35-39)50-24-15-12-21-47(50)59-51(64)25-17-26-55(59)65(41-30-33-44-43-20-11-14-23-49(43)63(7,8)52(44)37-41)56-34-38-18-9-10-19-42(38)58-48-22-13-16-27-57(48)66-60(56)58/h9-37H,1-8H3. The first-order valence-corrected chi connectivity index (χ1v) is 24.5. The van der Waals surface area contributed by atoms with Gasteiger partial charge >= 0.3 is 0 Å². The molecule has 0 saturated heterocycles. The van der Waals surface area contributed by atoms with Crippen LogP contribution in [0.2, 0.25) is 0 Å². The summed E-state index contributed by atoms with van der Waals surface area (Å²) in [5, 5.41) is 5.18. The molecular weight excluding hydrogens is 815 g/mol. The van der Waals surface area contributed by atoms with Gasteiger partial charge < -0.3 is 4.90 Å². The van der Waals surface area contributed by atoms with Crippen LogP contribution in [-0.2, 0) is 21.7 Å². The molecule has 0 fully saturated rings. The zero-order valence-electron chi connectivity index (χ0n) is 39.1. The van der Waals surface area contributed by atoms with Gasteiger partial charge in [-0.25, -0.2) is 0 Å². The molecule has 2 heteroatoms. The van der Waals surface area contributed by atoms with E-state index in [-0.39, 0.29) is 16.2 Å². The van der Waals surface area contributed by atoms with Gasteiger partial charge in [0.05, 0.1) is 21.5 Å². The van der Waals surface area contributed by atoms with Gasteiger partial charge in [0, 0.05) is 32.1 Å². The molecule has 66 heavy (non-hydrogen) atoms. The molecule has 3 aliphatic rings. The van der Waals surface area contributed by atoms with Gasteiger partial charge in [0.25, 0.3) is 0 Å². The Bertz CT molecular complexity index is 3650. The summed E-state index contributed by atoms with van der Waals surface area (Å²) in [5.74, 6) is 0. The summed E-state index contributed by atoms with van der Waals surface area (Å²) < 4.78 is 2.61. The SMILES string of the molecule is CC(C)(C)c1ccc2c(c1)C1(c3cc(C(C)(C)C)ccc3-2)c2ccccc2-c2c(N(c3ccc4c(c3)C(C)(C)c3ccccc3-4)c3cc4ccccc4c4c3sc3ccccc34)cccc21. The lowest BCUT2D eigenvalue weighted by atomic mass is 9.69. The van der Waals surface area contributed by atoms with Gasteiger partial charge in [-0.1, -0.05) is 201 Å². The number of anilines is 3. The Morgan fingerprint density at radius 3 is 1.70 bits per heavy atom. The Balaban J connectivity index is 1.17. The summed E-state index contributed by atoms with van der Waals surface area (Å²) in [5.41, 5.74) is 21.8. The third kappa shape index (κ3) is 5.22. The molecule has 0 bridgehead atoms. The number of benzene rings is 9. The maximum Gasteiger partial charge on any atom is 0.0726 e. The Hall–Kier alpha value is -6.74. The second-order valence-corrected chi connectivity index (χ2v) is 22.7. The van der Waals surface area contributed by atoms with E-state index in [0.717, 1.165) is 0 Å². The van der Waals surface area contributed by atoms with Crippen LogP contribution in [0.4, 0.5) is 17.1 Å². The molecule has 10 aromatic rings. The molecule has 0 aliphatic heterocycles. The van der Waals surface area contributed by atoms with E-state index in [1.807, 2.05) is 11.3 Å². The second-order valence-electron chi connectivity index (χ2n) is 21.7. The number of thiophene rings is 1. The first kappa shape index (κ1) is 39.6. The van der Waals surface area contributed by atoms with Crippen molar-refractivity contribution in [1.29, 1.82) is 0 Å².